The highest BCUT2D eigenvalue weighted by atomic mass is 35.5. The van der Waals surface area contributed by atoms with Crippen molar-refractivity contribution in [3.05, 3.63) is 35.7 Å². The predicted molar refractivity (Wildman–Crippen MR) is 78.0 cm³/mol. The molecule has 0 radical (unpaired) electrons. The molecule has 2 atom stereocenters. The zero-order valence-corrected chi connectivity index (χ0v) is 12.7. The van der Waals surface area contributed by atoms with Crippen LogP contribution in [0.5, 0.6) is 0 Å². The van der Waals surface area contributed by atoms with Gasteiger partial charge in [-0.2, -0.15) is 5.10 Å². The Morgan fingerprint density at radius 3 is 2.70 bits per heavy atom. The Hall–Kier alpha value is -1.75. The van der Waals surface area contributed by atoms with E-state index in [2.05, 4.69) is 21.6 Å². The lowest BCUT2D eigenvalue weighted by atomic mass is 10.2. The van der Waals surface area contributed by atoms with Crippen molar-refractivity contribution in [3.63, 3.8) is 0 Å². The number of aryl methyl sites for hydroxylation is 2. The number of fused-ring (bicyclic) bond motifs is 1. The van der Waals surface area contributed by atoms with Crippen LogP contribution in [0.15, 0.2) is 22.8 Å². The maximum Gasteiger partial charge on any atom is 0.159 e. The van der Waals surface area contributed by atoms with Crippen LogP contribution in [0.4, 0.5) is 0 Å². The monoisotopic (exact) mass is 292 g/mol. The maximum absolute atomic E-state index is 6.30. The van der Waals surface area contributed by atoms with Crippen molar-refractivity contribution in [1.29, 1.82) is 0 Å². The molecule has 3 aromatic heterocycles. The first-order valence-corrected chi connectivity index (χ1v) is 7.03. The van der Waals surface area contributed by atoms with E-state index in [-0.39, 0.29) is 11.4 Å². The van der Waals surface area contributed by atoms with Crippen molar-refractivity contribution >= 4 is 22.8 Å². The van der Waals surface area contributed by atoms with E-state index in [1.807, 2.05) is 37.7 Å². The van der Waals surface area contributed by atoms with Crippen LogP contribution in [0.1, 0.15) is 42.5 Å². The van der Waals surface area contributed by atoms with Gasteiger partial charge < -0.3 is 8.98 Å². The molecule has 3 rings (SSSR count). The first kappa shape index (κ1) is 13.2. The number of nitrogens with zero attached hydrogens (tertiary/aromatic N) is 4. The molecule has 0 N–H and O–H groups in total. The van der Waals surface area contributed by atoms with Crippen molar-refractivity contribution in [2.24, 2.45) is 7.05 Å². The number of furan rings is 1. The first-order chi connectivity index (χ1) is 9.50. The number of halogens is 1. The van der Waals surface area contributed by atoms with Gasteiger partial charge in [0.15, 0.2) is 5.65 Å². The van der Waals surface area contributed by atoms with E-state index in [1.54, 1.807) is 6.26 Å². The maximum atomic E-state index is 6.30. The highest BCUT2D eigenvalue weighted by molar-refractivity contribution is 6.20. The van der Waals surface area contributed by atoms with Gasteiger partial charge in [0, 0.05) is 7.05 Å². The second kappa shape index (κ2) is 4.66. The molecule has 0 bridgehead atoms. The van der Waals surface area contributed by atoms with Crippen LogP contribution in [0, 0.1) is 6.92 Å². The fourth-order valence-corrected chi connectivity index (χ4v) is 2.79. The molecule has 0 amide bonds. The van der Waals surface area contributed by atoms with E-state index < -0.39 is 0 Å². The standard InChI is InChI=1S/C14H17ClN4O/c1-8(15)13-16-12-9(2)17-18(4)14(12)19(13)10(3)11-6-5-7-20-11/h5-8,10H,1-4H3. The minimum Gasteiger partial charge on any atom is -0.467 e. The number of imidazole rings is 1. The Balaban J connectivity index is 2.28. The summed E-state index contributed by atoms with van der Waals surface area (Å²) in [7, 11) is 1.92. The molecule has 3 aromatic rings. The Morgan fingerprint density at radius 1 is 1.35 bits per heavy atom. The van der Waals surface area contributed by atoms with Crippen molar-refractivity contribution in [2.45, 2.75) is 32.2 Å². The van der Waals surface area contributed by atoms with Gasteiger partial charge in [0.05, 0.1) is 23.4 Å². The third-order valence-electron chi connectivity index (χ3n) is 3.56. The van der Waals surface area contributed by atoms with Crippen LogP contribution in [0.2, 0.25) is 0 Å². The zero-order valence-electron chi connectivity index (χ0n) is 12.0. The minimum atomic E-state index is -0.181. The van der Waals surface area contributed by atoms with Gasteiger partial charge in [0.25, 0.3) is 0 Å². The molecule has 106 valence electrons. The average molecular weight is 293 g/mol. The second-order valence-electron chi connectivity index (χ2n) is 5.03. The molecule has 0 saturated carbocycles. The van der Waals surface area contributed by atoms with Crippen molar-refractivity contribution in [3.8, 4) is 0 Å². The normalized spacial score (nSPS) is 14.8. The molecule has 5 nitrogen and oxygen atoms in total. The number of rotatable bonds is 3. The highest BCUT2D eigenvalue weighted by Gasteiger charge is 2.25. The lowest BCUT2D eigenvalue weighted by Crippen LogP contribution is -2.13. The lowest BCUT2D eigenvalue weighted by Gasteiger charge is -2.16. The van der Waals surface area contributed by atoms with E-state index >= 15 is 0 Å². The summed E-state index contributed by atoms with van der Waals surface area (Å²) in [4.78, 5) is 4.67. The molecule has 6 heteroatoms. The molecule has 0 aliphatic carbocycles. The van der Waals surface area contributed by atoms with Gasteiger partial charge in [-0.15, -0.1) is 11.6 Å². The summed E-state index contributed by atoms with van der Waals surface area (Å²) in [5.41, 5.74) is 2.77. The lowest BCUT2D eigenvalue weighted by molar-refractivity contribution is 0.440. The van der Waals surface area contributed by atoms with Crippen LogP contribution >= 0.6 is 11.6 Å². The van der Waals surface area contributed by atoms with Gasteiger partial charge in [-0.3, -0.25) is 4.68 Å². The molecular formula is C14H17ClN4O. The van der Waals surface area contributed by atoms with Crippen LogP contribution in [-0.2, 0) is 7.05 Å². The molecule has 0 spiro atoms. The third kappa shape index (κ3) is 1.85. The molecule has 0 aromatic carbocycles. The van der Waals surface area contributed by atoms with Crippen molar-refractivity contribution in [2.75, 3.05) is 0 Å². The molecule has 2 unspecified atom stereocenters. The van der Waals surface area contributed by atoms with Crippen LogP contribution < -0.4 is 0 Å². The summed E-state index contributed by atoms with van der Waals surface area (Å²) in [6.45, 7) is 5.96. The number of aromatic nitrogens is 4. The quantitative estimate of drug-likeness (QED) is 0.693. The summed E-state index contributed by atoms with van der Waals surface area (Å²) in [6.07, 6.45) is 1.68. The number of alkyl halides is 1. The van der Waals surface area contributed by atoms with Crippen LogP contribution in [-0.4, -0.2) is 19.3 Å². The second-order valence-corrected chi connectivity index (χ2v) is 5.68. The molecule has 0 aliphatic heterocycles. The van der Waals surface area contributed by atoms with Gasteiger partial charge in [-0.1, -0.05) is 0 Å². The summed E-state index contributed by atoms with van der Waals surface area (Å²) >= 11 is 6.30. The summed E-state index contributed by atoms with van der Waals surface area (Å²) in [5.74, 6) is 1.71. The van der Waals surface area contributed by atoms with Gasteiger partial charge in [-0.05, 0) is 32.9 Å². The number of hydrogen-bond donors (Lipinski definition) is 0. The Kier molecular flexibility index (Phi) is 3.09. The van der Waals surface area contributed by atoms with Gasteiger partial charge >= 0.3 is 0 Å². The summed E-state index contributed by atoms with van der Waals surface area (Å²) in [6, 6.07) is 3.86. The highest BCUT2D eigenvalue weighted by Crippen LogP contribution is 2.31. The predicted octanol–water partition coefficient (Wildman–Crippen LogP) is 3.58. The fourth-order valence-electron chi connectivity index (χ4n) is 2.63. The molecule has 0 saturated heterocycles. The Morgan fingerprint density at radius 2 is 2.10 bits per heavy atom. The van der Waals surface area contributed by atoms with E-state index in [4.69, 9.17) is 16.0 Å². The van der Waals surface area contributed by atoms with Crippen LogP contribution in [0.3, 0.4) is 0 Å². The van der Waals surface area contributed by atoms with Crippen molar-refractivity contribution in [1.82, 2.24) is 19.3 Å². The average Bonchev–Trinajstić information content (AvgIpc) is 3.08. The minimum absolute atomic E-state index is 0.0148. The number of hydrogen-bond acceptors (Lipinski definition) is 3. The fraction of sp³-hybridized carbons (Fsp3) is 0.429. The molecule has 0 fully saturated rings. The SMILES string of the molecule is Cc1nn(C)c2c1nc(C(C)Cl)n2C(C)c1ccco1. The first-order valence-electron chi connectivity index (χ1n) is 6.59. The van der Waals surface area contributed by atoms with E-state index in [1.165, 1.54) is 0 Å². The van der Waals surface area contributed by atoms with E-state index in [0.717, 1.165) is 28.4 Å². The topological polar surface area (TPSA) is 48.8 Å². The van der Waals surface area contributed by atoms with Gasteiger partial charge in [0.2, 0.25) is 0 Å². The molecule has 0 aliphatic rings. The molecular weight excluding hydrogens is 276 g/mol. The van der Waals surface area contributed by atoms with E-state index in [0.29, 0.717) is 0 Å². The molecule has 3 heterocycles. The summed E-state index contributed by atoms with van der Waals surface area (Å²) < 4.78 is 9.48. The largest absolute Gasteiger partial charge is 0.467 e. The molecule has 20 heavy (non-hydrogen) atoms. The van der Waals surface area contributed by atoms with Gasteiger partial charge in [0.1, 0.15) is 17.1 Å². The zero-order chi connectivity index (χ0) is 14.4. The smallest absolute Gasteiger partial charge is 0.159 e. The Labute approximate surface area is 122 Å². The van der Waals surface area contributed by atoms with Crippen molar-refractivity contribution < 1.29 is 4.42 Å². The van der Waals surface area contributed by atoms with Gasteiger partial charge in [-0.25, -0.2) is 4.98 Å². The van der Waals surface area contributed by atoms with E-state index in [9.17, 15) is 0 Å². The summed E-state index contributed by atoms with van der Waals surface area (Å²) in [5, 5.41) is 4.25. The van der Waals surface area contributed by atoms with Crippen LogP contribution in [0.25, 0.3) is 11.2 Å². The third-order valence-corrected chi connectivity index (χ3v) is 3.76. The Bertz CT molecular complexity index is 739.